The monoisotopic (exact) mass is 604 g/mol. The molecule has 0 saturated carbocycles. The quantitative estimate of drug-likeness (QED) is 0.0729. The van der Waals surface area contributed by atoms with Gasteiger partial charge in [-0.15, -0.1) is 0 Å². The lowest BCUT2D eigenvalue weighted by atomic mass is 10.0. The summed E-state index contributed by atoms with van der Waals surface area (Å²) in [5.74, 6) is -1.26. The Morgan fingerprint density at radius 2 is 1.20 bits per heavy atom. The fourth-order valence-corrected chi connectivity index (χ4v) is 5.02. The highest BCUT2D eigenvalue weighted by molar-refractivity contribution is 5.92. The normalized spacial score (nSPS) is 11.6. The summed E-state index contributed by atoms with van der Waals surface area (Å²) in [6.45, 7) is 6.91. The van der Waals surface area contributed by atoms with Crippen LogP contribution in [0.5, 0.6) is 11.5 Å². The number of carbonyl (C=O) groups is 2. The third kappa shape index (κ3) is 12.1. The highest BCUT2D eigenvalue weighted by Gasteiger charge is 2.18. The van der Waals surface area contributed by atoms with Gasteiger partial charge in [-0.3, -0.25) is 0 Å². The van der Waals surface area contributed by atoms with Crippen LogP contribution in [0.4, 0.5) is 4.39 Å². The van der Waals surface area contributed by atoms with Gasteiger partial charge in [0, 0.05) is 6.07 Å². The minimum absolute atomic E-state index is 0.0169. The molecule has 5 nitrogen and oxygen atoms in total. The molecular formula is C38H49FO5. The third-order valence-corrected chi connectivity index (χ3v) is 7.72. The molecule has 0 saturated heterocycles. The molecule has 0 spiro atoms. The number of unbranched alkanes of at least 4 members (excludes halogenated alkanes) is 10. The zero-order valence-corrected chi connectivity index (χ0v) is 26.7. The van der Waals surface area contributed by atoms with Crippen LogP contribution in [0.3, 0.4) is 0 Å². The molecule has 238 valence electrons. The van der Waals surface area contributed by atoms with E-state index in [9.17, 15) is 14.0 Å². The number of rotatable bonds is 20. The second-order valence-corrected chi connectivity index (χ2v) is 11.5. The van der Waals surface area contributed by atoms with Crippen molar-refractivity contribution in [2.45, 2.75) is 110 Å². The summed E-state index contributed by atoms with van der Waals surface area (Å²) in [7, 11) is 0. The summed E-state index contributed by atoms with van der Waals surface area (Å²) in [6, 6.07) is 18.7. The van der Waals surface area contributed by atoms with Gasteiger partial charge in [0.15, 0.2) is 0 Å². The molecule has 0 aromatic heterocycles. The number of benzene rings is 3. The molecule has 44 heavy (non-hydrogen) atoms. The standard InChI is InChI=1S/C38H49FO5/c1-4-6-8-10-11-12-13-15-27-42-33-23-21-31(22-24-33)30-17-19-32(20-18-30)37(40)44-34-25-26-35(36(39)28-34)38(41)43-29(3)16-14-9-7-5-2/h17-26,28-29H,4-16,27H2,1-3H3. The van der Waals surface area contributed by atoms with E-state index in [-0.39, 0.29) is 17.4 Å². The lowest BCUT2D eigenvalue weighted by Crippen LogP contribution is -2.16. The van der Waals surface area contributed by atoms with E-state index in [0.29, 0.717) is 5.56 Å². The van der Waals surface area contributed by atoms with Crippen molar-refractivity contribution in [1.29, 1.82) is 0 Å². The van der Waals surface area contributed by atoms with Crippen LogP contribution in [-0.4, -0.2) is 24.6 Å². The summed E-state index contributed by atoms with van der Waals surface area (Å²) in [5.41, 5.74) is 2.10. The molecule has 0 radical (unpaired) electrons. The average molecular weight is 605 g/mol. The van der Waals surface area contributed by atoms with Crippen molar-refractivity contribution < 1.29 is 28.2 Å². The van der Waals surface area contributed by atoms with E-state index < -0.39 is 17.8 Å². The van der Waals surface area contributed by atoms with Gasteiger partial charge in [0.1, 0.15) is 17.3 Å². The Bertz CT molecular complexity index is 1270. The zero-order valence-electron chi connectivity index (χ0n) is 26.7. The Hall–Kier alpha value is -3.67. The van der Waals surface area contributed by atoms with E-state index in [1.54, 1.807) is 12.1 Å². The molecule has 3 aromatic rings. The molecule has 1 atom stereocenters. The number of hydrogen-bond donors (Lipinski definition) is 0. The third-order valence-electron chi connectivity index (χ3n) is 7.72. The van der Waals surface area contributed by atoms with Crippen molar-refractivity contribution in [3.63, 3.8) is 0 Å². The molecule has 0 N–H and O–H groups in total. The Labute approximate surface area is 263 Å². The highest BCUT2D eigenvalue weighted by atomic mass is 19.1. The first kappa shape index (κ1) is 34.8. The molecule has 0 heterocycles. The van der Waals surface area contributed by atoms with Gasteiger partial charge >= 0.3 is 11.9 Å². The number of halogens is 1. The second-order valence-electron chi connectivity index (χ2n) is 11.5. The maximum atomic E-state index is 14.7. The Kier molecular flexibility index (Phi) is 15.5. The summed E-state index contributed by atoms with van der Waals surface area (Å²) in [6.07, 6.45) is 14.9. The summed E-state index contributed by atoms with van der Waals surface area (Å²) < 4.78 is 31.4. The number of hydrogen-bond acceptors (Lipinski definition) is 5. The predicted molar refractivity (Wildman–Crippen MR) is 175 cm³/mol. The molecule has 0 bridgehead atoms. The van der Waals surface area contributed by atoms with Crippen LogP contribution in [0, 0.1) is 5.82 Å². The number of esters is 2. The van der Waals surface area contributed by atoms with Gasteiger partial charge in [-0.05, 0) is 73.7 Å². The van der Waals surface area contributed by atoms with Crippen molar-refractivity contribution in [3.8, 4) is 22.6 Å². The largest absolute Gasteiger partial charge is 0.494 e. The van der Waals surface area contributed by atoms with Crippen LogP contribution in [0.2, 0.25) is 0 Å². The van der Waals surface area contributed by atoms with Crippen molar-refractivity contribution in [2.24, 2.45) is 0 Å². The Morgan fingerprint density at radius 1 is 0.659 bits per heavy atom. The van der Waals surface area contributed by atoms with E-state index in [2.05, 4.69) is 13.8 Å². The van der Waals surface area contributed by atoms with Gasteiger partial charge in [0.25, 0.3) is 0 Å². The molecule has 6 heteroatoms. The van der Waals surface area contributed by atoms with Gasteiger partial charge in [-0.2, -0.15) is 0 Å². The molecule has 3 aromatic carbocycles. The maximum Gasteiger partial charge on any atom is 0.343 e. The van der Waals surface area contributed by atoms with Crippen LogP contribution in [0.25, 0.3) is 11.1 Å². The van der Waals surface area contributed by atoms with Crippen LogP contribution in [0.1, 0.15) is 125 Å². The molecule has 1 unspecified atom stereocenters. The van der Waals surface area contributed by atoms with Crippen molar-refractivity contribution in [3.05, 3.63) is 83.7 Å². The van der Waals surface area contributed by atoms with E-state index in [4.69, 9.17) is 14.2 Å². The van der Waals surface area contributed by atoms with E-state index >= 15 is 0 Å². The first-order valence-electron chi connectivity index (χ1n) is 16.5. The summed E-state index contributed by atoms with van der Waals surface area (Å²) in [4.78, 5) is 25.1. The van der Waals surface area contributed by atoms with Crippen LogP contribution in [0.15, 0.2) is 66.7 Å². The van der Waals surface area contributed by atoms with Gasteiger partial charge in [0.05, 0.1) is 23.8 Å². The smallest absolute Gasteiger partial charge is 0.343 e. The van der Waals surface area contributed by atoms with Gasteiger partial charge in [0.2, 0.25) is 0 Å². The van der Waals surface area contributed by atoms with E-state index in [1.165, 1.54) is 57.1 Å². The fraction of sp³-hybridized carbons (Fsp3) is 0.474. The summed E-state index contributed by atoms with van der Waals surface area (Å²) in [5, 5.41) is 0. The van der Waals surface area contributed by atoms with Gasteiger partial charge in [-0.25, -0.2) is 14.0 Å². The second kappa shape index (κ2) is 19.6. The van der Waals surface area contributed by atoms with Crippen LogP contribution < -0.4 is 9.47 Å². The predicted octanol–water partition coefficient (Wildman–Crippen LogP) is 10.7. The Balaban J connectivity index is 1.44. The van der Waals surface area contributed by atoms with E-state index in [0.717, 1.165) is 68.1 Å². The van der Waals surface area contributed by atoms with Crippen LogP contribution >= 0.6 is 0 Å². The average Bonchev–Trinajstić information content (AvgIpc) is 3.02. The van der Waals surface area contributed by atoms with Crippen molar-refractivity contribution >= 4 is 11.9 Å². The molecule has 0 aliphatic heterocycles. The fourth-order valence-electron chi connectivity index (χ4n) is 5.02. The van der Waals surface area contributed by atoms with Crippen molar-refractivity contribution in [1.82, 2.24) is 0 Å². The molecule has 0 aliphatic rings. The number of carbonyl (C=O) groups excluding carboxylic acids is 2. The van der Waals surface area contributed by atoms with E-state index in [1.807, 2.05) is 43.3 Å². The minimum Gasteiger partial charge on any atom is -0.494 e. The lowest BCUT2D eigenvalue weighted by molar-refractivity contribution is 0.0314. The molecular weight excluding hydrogens is 555 g/mol. The Morgan fingerprint density at radius 3 is 1.82 bits per heavy atom. The first-order valence-corrected chi connectivity index (χ1v) is 16.5. The van der Waals surface area contributed by atoms with Gasteiger partial charge in [-0.1, -0.05) is 102 Å². The minimum atomic E-state index is -0.793. The first-order chi connectivity index (χ1) is 21.4. The maximum absolute atomic E-state index is 14.7. The molecule has 0 fully saturated rings. The molecule has 3 rings (SSSR count). The lowest BCUT2D eigenvalue weighted by Gasteiger charge is -2.14. The SMILES string of the molecule is CCCCCCCCCCOc1ccc(-c2ccc(C(=O)Oc3ccc(C(=O)OC(C)CCCCCC)c(F)c3)cc2)cc1. The molecule has 0 amide bonds. The highest BCUT2D eigenvalue weighted by Crippen LogP contribution is 2.25. The molecule has 0 aliphatic carbocycles. The van der Waals surface area contributed by atoms with Crippen LogP contribution in [-0.2, 0) is 4.74 Å². The summed E-state index contributed by atoms with van der Waals surface area (Å²) >= 11 is 0. The van der Waals surface area contributed by atoms with Gasteiger partial charge < -0.3 is 14.2 Å². The topological polar surface area (TPSA) is 61.8 Å². The van der Waals surface area contributed by atoms with Crippen molar-refractivity contribution in [2.75, 3.05) is 6.61 Å². The number of ether oxygens (including phenoxy) is 3. The zero-order chi connectivity index (χ0) is 31.6.